The second kappa shape index (κ2) is 7.01. The monoisotopic (exact) mass is 370 g/mol. The Hall–Kier alpha value is -2.75. The van der Waals surface area contributed by atoms with E-state index in [4.69, 9.17) is 16.3 Å². The number of nitrogens with two attached hydrogens (primary N) is 1. The zero-order chi connectivity index (χ0) is 17.8. The number of benzene rings is 1. The number of allylic oxidation sites excluding steroid dienone is 2. The largest absolute Gasteiger partial charge is 0.506 e. The van der Waals surface area contributed by atoms with Crippen molar-refractivity contribution in [2.75, 3.05) is 0 Å². The molecular formula is C17H15BrN4O. The number of phenols is 1. The van der Waals surface area contributed by atoms with Crippen molar-refractivity contribution in [3.8, 4) is 24.0 Å². The summed E-state index contributed by atoms with van der Waals surface area (Å²) >= 11 is 3.28. The quantitative estimate of drug-likeness (QED) is 0.608. The van der Waals surface area contributed by atoms with Gasteiger partial charge in [0, 0.05) is 5.56 Å². The summed E-state index contributed by atoms with van der Waals surface area (Å²) in [7, 11) is 0. The molecule has 0 aliphatic carbocycles. The van der Waals surface area contributed by atoms with Gasteiger partial charge in [-0.1, -0.05) is 20.8 Å². The summed E-state index contributed by atoms with van der Waals surface area (Å²) in [5, 5.41) is 37.1. The van der Waals surface area contributed by atoms with Crippen LogP contribution in [0.4, 0.5) is 0 Å². The third kappa shape index (κ3) is 4.13. The summed E-state index contributed by atoms with van der Waals surface area (Å²) in [5.41, 5.74) is 6.25. The van der Waals surface area contributed by atoms with Crippen LogP contribution in [0.3, 0.4) is 0 Å². The molecule has 0 spiro atoms. The highest BCUT2D eigenvalue weighted by atomic mass is 79.9. The Morgan fingerprint density at radius 3 is 2.17 bits per heavy atom. The topological polar surface area (TPSA) is 118 Å². The fourth-order valence-electron chi connectivity index (χ4n) is 1.89. The van der Waals surface area contributed by atoms with Gasteiger partial charge in [0.15, 0.2) is 5.57 Å². The van der Waals surface area contributed by atoms with Crippen molar-refractivity contribution < 1.29 is 5.11 Å². The van der Waals surface area contributed by atoms with Crippen LogP contribution in [0.2, 0.25) is 0 Å². The molecule has 1 aromatic carbocycles. The summed E-state index contributed by atoms with van der Waals surface area (Å²) in [4.78, 5) is 0. The van der Waals surface area contributed by atoms with Crippen molar-refractivity contribution in [2.45, 2.75) is 26.2 Å². The van der Waals surface area contributed by atoms with Crippen LogP contribution in [0, 0.1) is 34.0 Å². The smallest absolute Gasteiger partial charge is 0.153 e. The Labute approximate surface area is 143 Å². The standard InChI is InChI=1S/C17H15BrN4O/c1-17(2,3)13-5-10(6-14(18)16(13)23)4-11(7-19)15(22)12(8-20)9-21/h4-6,23H,22H2,1-3H3/b11-4+. The summed E-state index contributed by atoms with van der Waals surface area (Å²) in [5.74, 6) is 0.131. The van der Waals surface area contributed by atoms with Gasteiger partial charge in [0.25, 0.3) is 0 Å². The van der Waals surface area contributed by atoms with Crippen molar-refractivity contribution in [1.82, 2.24) is 0 Å². The normalized spacial score (nSPS) is 11.1. The average Bonchev–Trinajstić information content (AvgIpc) is 2.47. The molecule has 0 saturated carbocycles. The minimum atomic E-state index is -0.313. The lowest BCUT2D eigenvalue weighted by atomic mass is 9.85. The van der Waals surface area contributed by atoms with E-state index >= 15 is 0 Å². The zero-order valence-corrected chi connectivity index (χ0v) is 14.6. The minimum absolute atomic E-state index is 0.0144. The maximum Gasteiger partial charge on any atom is 0.153 e. The van der Waals surface area contributed by atoms with Gasteiger partial charge >= 0.3 is 0 Å². The first kappa shape index (κ1) is 18.3. The Kier molecular flexibility index (Phi) is 5.57. The van der Waals surface area contributed by atoms with Crippen LogP contribution in [0.1, 0.15) is 31.9 Å². The van der Waals surface area contributed by atoms with E-state index in [1.54, 1.807) is 24.3 Å². The molecule has 23 heavy (non-hydrogen) atoms. The second-order valence-electron chi connectivity index (χ2n) is 5.83. The van der Waals surface area contributed by atoms with E-state index in [9.17, 15) is 10.4 Å². The van der Waals surface area contributed by atoms with Crippen LogP contribution in [0.25, 0.3) is 6.08 Å². The predicted octanol–water partition coefficient (Wildman–Crippen LogP) is 3.62. The molecule has 0 amide bonds. The molecule has 6 heteroatoms. The third-order valence-corrected chi connectivity index (χ3v) is 3.71. The number of halogens is 1. The van der Waals surface area contributed by atoms with E-state index in [0.717, 1.165) is 0 Å². The molecule has 0 radical (unpaired) electrons. The lowest BCUT2D eigenvalue weighted by Crippen LogP contribution is -2.12. The fraction of sp³-hybridized carbons (Fsp3) is 0.235. The summed E-state index contributed by atoms with van der Waals surface area (Å²) < 4.78 is 0.483. The number of rotatable bonds is 2. The minimum Gasteiger partial charge on any atom is -0.506 e. The lowest BCUT2D eigenvalue weighted by molar-refractivity contribution is 0.443. The van der Waals surface area contributed by atoms with Gasteiger partial charge in [-0.15, -0.1) is 0 Å². The first-order valence-corrected chi connectivity index (χ1v) is 7.40. The maximum atomic E-state index is 10.2. The fourth-order valence-corrected chi connectivity index (χ4v) is 2.37. The van der Waals surface area contributed by atoms with Gasteiger partial charge in [-0.05, 0) is 45.1 Å². The van der Waals surface area contributed by atoms with Gasteiger partial charge in [-0.3, -0.25) is 0 Å². The molecule has 0 bridgehead atoms. The number of hydrogen-bond donors (Lipinski definition) is 2. The molecule has 0 atom stereocenters. The van der Waals surface area contributed by atoms with E-state index in [1.165, 1.54) is 6.08 Å². The van der Waals surface area contributed by atoms with Crippen LogP contribution in [-0.2, 0) is 5.41 Å². The van der Waals surface area contributed by atoms with Gasteiger partial charge in [-0.25, -0.2) is 0 Å². The van der Waals surface area contributed by atoms with E-state index in [1.807, 2.05) is 26.8 Å². The van der Waals surface area contributed by atoms with Crippen LogP contribution in [0.15, 0.2) is 33.4 Å². The molecule has 0 fully saturated rings. The number of nitriles is 3. The van der Waals surface area contributed by atoms with Crippen molar-refractivity contribution in [1.29, 1.82) is 15.8 Å². The van der Waals surface area contributed by atoms with Crippen LogP contribution < -0.4 is 5.73 Å². The molecule has 0 saturated heterocycles. The highest BCUT2D eigenvalue weighted by Gasteiger charge is 2.20. The van der Waals surface area contributed by atoms with Gasteiger partial charge in [0.05, 0.1) is 15.7 Å². The molecule has 0 aliphatic rings. The molecule has 116 valence electrons. The Bertz CT molecular complexity index is 808. The molecule has 1 rings (SSSR count). The number of hydrogen-bond acceptors (Lipinski definition) is 5. The van der Waals surface area contributed by atoms with Gasteiger partial charge in [-0.2, -0.15) is 15.8 Å². The first-order valence-electron chi connectivity index (χ1n) is 6.60. The van der Waals surface area contributed by atoms with Crippen LogP contribution >= 0.6 is 15.9 Å². The van der Waals surface area contributed by atoms with Crippen molar-refractivity contribution in [2.24, 2.45) is 5.73 Å². The van der Waals surface area contributed by atoms with Crippen molar-refractivity contribution in [3.63, 3.8) is 0 Å². The highest BCUT2D eigenvalue weighted by molar-refractivity contribution is 9.10. The molecule has 0 unspecified atom stereocenters. The average molecular weight is 371 g/mol. The summed E-state index contributed by atoms with van der Waals surface area (Å²) in [6.07, 6.45) is 1.48. The SMILES string of the molecule is CC(C)(C)c1cc(/C=C(\C#N)C(N)=C(C#N)C#N)cc(Br)c1O. The van der Waals surface area contributed by atoms with Crippen LogP contribution in [0.5, 0.6) is 5.75 Å². The Balaban J connectivity index is 3.58. The van der Waals surface area contributed by atoms with E-state index < -0.39 is 0 Å². The van der Waals surface area contributed by atoms with E-state index in [2.05, 4.69) is 15.9 Å². The third-order valence-electron chi connectivity index (χ3n) is 3.11. The summed E-state index contributed by atoms with van der Waals surface area (Å²) in [6.45, 7) is 5.85. The second-order valence-corrected chi connectivity index (χ2v) is 6.69. The molecular weight excluding hydrogens is 356 g/mol. The molecule has 1 aromatic rings. The first-order chi connectivity index (χ1) is 10.6. The lowest BCUT2D eigenvalue weighted by Gasteiger charge is -2.21. The predicted molar refractivity (Wildman–Crippen MR) is 90.5 cm³/mol. The van der Waals surface area contributed by atoms with Crippen molar-refractivity contribution >= 4 is 22.0 Å². The number of phenolic OH excluding ortho intramolecular Hbond substituents is 1. The van der Waals surface area contributed by atoms with Gasteiger partial charge < -0.3 is 10.8 Å². The highest BCUT2D eigenvalue weighted by Crippen LogP contribution is 2.37. The van der Waals surface area contributed by atoms with E-state index in [0.29, 0.717) is 15.6 Å². The maximum absolute atomic E-state index is 10.2. The van der Waals surface area contributed by atoms with Gasteiger partial charge in [0.2, 0.25) is 0 Å². The van der Waals surface area contributed by atoms with Crippen LogP contribution in [-0.4, -0.2) is 5.11 Å². The molecule has 3 N–H and O–H groups in total. The Morgan fingerprint density at radius 1 is 1.17 bits per heavy atom. The zero-order valence-electron chi connectivity index (χ0n) is 13.0. The molecule has 5 nitrogen and oxygen atoms in total. The van der Waals surface area contributed by atoms with Gasteiger partial charge in [0.1, 0.15) is 24.0 Å². The Morgan fingerprint density at radius 2 is 1.74 bits per heavy atom. The van der Waals surface area contributed by atoms with E-state index in [-0.39, 0.29) is 28.0 Å². The molecule has 0 aromatic heterocycles. The number of aromatic hydroxyl groups is 1. The number of nitrogens with zero attached hydrogens (tertiary/aromatic N) is 3. The molecule has 0 heterocycles. The summed E-state index contributed by atoms with van der Waals surface area (Å²) in [6, 6.07) is 8.58. The molecule has 0 aliphatic heterocycles. The van der Waals surface area contributed by atoms with Crippen molar-refractivity contribution in [3.05, 3.63) is 44.6 Å².